The number of nitrogens with zero attached hydrogens (tertiary/aromatic N) is 6. The van der Waals surface area contributed by atoms with Gasteiger partial charge in [-0.05, 0) is 30.4 Å². The number of pyridine rings is 1. The van der Waals surface area contributed by atoms with Gasteiger partial charge in [0.1, 0.15) is 30.7 Å². The van der Waals surface area contributed by atoms with Crippen LogP contribution in [0.25, 0.3) is 10.9 Å². The quantitative estimate of drug-likeness (QED) is 0.104. The summed E-state index contributed by atoms with van der Waals surface area (Å²) < 4.78 is 40.5. The molecule has 2 aliphatic heterocycles. The molecule has 1 N–H and O–H groups in total. The Morgan fingerprint density at radius 1 is 1.19 bits per heavy atom. The Kier molecular flexibility index (Phi) is 10.8. The normalized spacial score (nSPS) is 16.5. The average molecular weight is 745 g/mol. The molecule has 1 fully saturated rings. The molecule has 0 amide bonds. The number of anilines is 1. The van der Waals surface area contributed by atoms with E-state index in [1.54, 1.807) is 17.6 Å². The van der Waals surface area contributed by atoms with E-state index < -0.39 is 40.0 Å². The predicted octanol–water partition coefficient (Wildman–Crippen LogP) is 4.06. The fourth-order valence-electron chi connectivity index (χ4n) is 6.39. The van der Waals surface area contributed by atoms with E-state index in [0.29, 0.717) is 54.7 Å². The fraction of sp³-hybridized carbons (Fsp3) is 0.485. The van der Waals surface area contributed by atoms with Crippen molar-refractivity contribution in [3.8, 4) is 0 Å². The number of carbonyl (C=O) groups excluding carboxylic acids is 1. The number of hydrogen-bond acceptors (Lipinski definition) is 14. The standard InChI is InChI=1S/C33H37FN6O11S/c1-4-5-6-28(41)49-20(14-38-18(2)35-13-27(38)40(46)47)16-48-17-26-25(50-33(45)51-26)15-36-7-9-37(10-8-36)24-12-23-21(11-22(24)34)30(42)29(32(43)44)31-39(23)19(3)52-31/h11-13,19-20H,4-10,14-17H2,1-3H3,(H,43,44). The summed E-state index contributed by atoms with van der Waals surface area (Å²) in [5, 5.41) is 21.4. The van der Waals surface area contributed by atoms with Crippen LogP contribution in [0.15, 0.2) is 41.8 Å². The van der Waals surface area contributed by atoms with Crippen LogP contribution in [0.2, 0.25) is 0 Å². The molecule has 0 aliphatic carbocycles. The van der Waals surface area contributed by atoms with Crippen LogP contribution in [0.3, 0.4) is 0 Å². The number of esters is 1. The SMILES string of the molecule is CCCCC(=O)OC(COCc1oc(=O)oc1CN1CCN(c2cc3c(cc2F)c(=O)c(C(=O)O)c2n3C(C)S2)CC1)Cn1c([N+](=O)[O-])cnc1C. The summed E-state index contributed by atoms with van der Waals surface area (Å²) >= 11 is 1.28. The van der Waals surface area contributed by atoms with Crippen molar-refractivity contribution >= 4 is 46.1 Å². The van der Waals surface area contributed by atoms with Gasteiger partial charge in [0.25, 0.3) is 0 Å². The van der Waals surface area contributed by atoms with Crippen LogP contribution in [-0.4, -0.2) is 79.9 Å². The van der Waals surface area contributed by atoms with E-state index in [4.69, 9.17) is 18.3 Å². The molecule has 0 saturated carbocycles. The topological polar surface area (TPSA) is 206 Å². The van der Waals surface area contributed by atoms with Gasteiger partial charge in [-0.3, -0.25) is 14.5 Å². The summed E-state index contributed by atoms with van der Waals surface area (Å²) in [6.07, 6.45) is 1.79. The molecule has 6 rings (SSSR count). The number of carbonyl (C=O) groups is 2. The number of aromatic carboxylic acids is 1. The number of nitro groups is 1. The number of ether oxygens (including phenoxy) is 2. The first-order valence-corrected chi connectivity index (χ1v) is 17.6. The number of carboxylic acids is 1. The first-order chi connectivity index (χ1) is 24.9. The van der Waals surface area contributed by atoms with Crippen molar-refractivity contribution in [1.82, 2.24) is 19.0 Å². The van der Waals surface area contributed by atoms with Gasteiger partial charge in [-0.2, -0.15) is 0 Å². The van der Waals surface area contributed by atoms with Crippen molar-refractivity contribution in [1.29, 1.82) is 0 Å². The zero-order chi connectivity index (χ0) is 37.3. The minimum absolute atomic E-state index is 0.0112. The molecule has 3 aromatic heterocycles. The molecule has 19 heteroatoms. The largest absolute Gasteiger partial charge is 0.519 e. The first kappa shape index (κ1) is 36.8. The Morgan fingerprint density at radius 2 is 1.92 bits per heavy atom. The third-order valence-electron chi connectivity index (χ3n) is 9.07. The lowest BCUT2D eigenvalue weighted by molar-refractivity contribution is -0.392. The number of rotatable bonds is 15. The molecule has 4 aromatic rings. The van der Waals surface area contributed by atoms with Crippen molar-refractivity contribution in [3.05, 3.63) is 78.0 Å². The predicted molar refractivity (Wildman–Crippen MR) is 183 cm³/mol. The number of halogens is 1. The molecule has 1 saturated heterocycles. The first-order valence-electron chi connectivity index (χ1n) is 16.7. The van der Waals surface area contributed by atoms with Crippen LogP contribution in [0, 0.1) is 22.9 Å². The van der Waals surface area contributed by atoms with Crippen molar-refractivity contribution in [2.75, 3.05) is 37.7 Å². The second-order valence-electron chi connectivity index (χ2n) is 12.5. The number of piperazine rings is 1. The smallest absolute Gasteiger partial charge is 0.477 e. The van der Waals surface area contributed by atoms with Gasteiger partial charge in [-0.25, -0.2) is 23.5 Å². The van der Waals surface area contributed by atoms with Crippen molar-refractivity contribution in [2.45, 2.75) is 76.2 Å². The Balaban J connectivity index is 1.10. The third-order valence-corrected chi connectivity index (χ3v) is 10.2. The van der Waals surface area contributed by atoms with Crippen molar-refractivity contribution in [3.63, 3.8) is 0 Å². The molecule has 1 aromatic carbocycles. The number of aromatic nitrogens is 3. The van der Waals surface area contributed by atoms with Crippen LogP contribution >= 0.6 is 11.8 Å². The highest BCUT2D eigenvalue weighted by Crippen LogP contribution is 2.46. The maximum absolute atomic E-state index is 15.5. The van der Waals surface area contributed by atoms with Gasteiger partial charge < -0.3 is 43.0 Å². The van der Waals surface area contributed by atoms with Gasteiger partial charge in [0.15, 0.2) is 23.4 Å². The summed E-state index contributed by atoms with van der Waals surface area (Å²) in [6, 6.07) is 2.70. The van der Waals surface area contributed by atoms with E-state index in [9.17, 15) is 34.4 Å². The van der Waals surface area contributed by atoms with Gasteiger partial charge in [0, 0.05) is 44.9 Å². The Bertz CT molecular complexity index is 2130. The highest BCUT2D eigenvalue weighted by Gasteiger charge is 2.34. The number of carboxylic acid groups (broad SMARTS) is 1. The maximum Gasteiger partial charge on any atom is 0.519 e. The van der Waals surface area contributed by atoms with Crippen molar-refractivity contribution in [2.24, 2.45) is 0 Å². The highest BCUT2D eigenvalue weighted by molar-refractivity contribution is 8.00. The number of thioether (sulfide) groups is 1. The molecule has 0 bridgehead atoms. The van der Waals surface area contributed by atoms with E-state index in [1.165, 1.54) is 16.3 Å². The van der Waals surface area contributed by atoms with Crippen LogP contribution in [-0.2, 0) is 34.0 Å². The van der Waals surface area contributed by atoms with Crippen LogP contribution in [0.5, 0.6) is 0 Å². The molecule has 5 heterocycles. The minimum Gasteiger partial charge on any atom is -0.477 e. The Hall–Kier alpha value is -5.01. The summed E-state index contributed by atoms with van der Waals surface area (Å²) in [5.74, 6) is -2.93. The minimum atomic E-state index is -1.35. The average Bonchev–Trinajstić information content (AvgIpc) is 3.63. The lowest BCUT2D eigenvalue weighted by Gasteiger charge is -2.37. The molecule has 278 valence electrons. The second kappa shape index (κ2) is 15.3. The van der Waals surface area contributed by atoms with Gasteiger partial charge >= 0.3 is 23.6 Å². The molecule has 2 atom stereocenters. The van der Waals surface area contributed by atoms with Gasteiger partial charge in [0.2, 0.25) is 5.43 Å². The number of fused-ring (bicyclic) bond motifs is 3. The summed E-state index contributed by atoms with van der Waals surface area (Å²) in [5.41, 5.74) is -0.311. The number of aryl methyl sites for hydroxylation is 1. The third kappa shape index (κ3) is 7.47. The molecule has 0 spiro atoms. The number of imidazole rings is 1. The summed E-state index contributed by atoms with van der Waals surface area (Å²) in [4.78, 5) is 68.1. The summed E-state index contributed by atoms with van der Waals surface area (Å²) in [7, 11) is 0. The van der Waals surface area contributed by atoms with Crippen LogP contribution in [0.1, 0.15) is 66.2 Å². The van der Waals surface area contributed by atoms with E-state index in [0.717, 1.165) is 18.7 Å². The van der Waals surface area contributed by atoms with E-state index in [1.807, 2.05) is 23.6 Å². The monoisotopic (exact) mass is 744 g/mol. The Morgan fingerprint density at radius 3 is 2.60 bits per heavy atom. The molecular formula is C33H37FN6O11S. The molecule has 2 aliphatic rings. The van der Waals surface area contributed by atoms with Gasteiger partial charge in [0.05, 0.1) is 34.8 Å². The molecule has 0 radical (unpaired) electrons. The zero-order valence-electron chi connectivity index (χ0n) is 28.7. The van der Waals surface area contributed by atoms with Crippen LogP contribution < -0.4 is 16.2 Å². The van der Waals surface area contributed by atoms with E-state index in [-0.39, 0.29) is 66.4 Å². The van der Waals surface area contributed by atoms with E-state index >= 15 is 4.39 Å². The zero-order valence-corrected chi connectivity index (χ0v) is 29.5. The fourth-order valence-corrected chi connectivity index (χ4v) is 7.54. The summed E-state index contributed by atoms with van der Waals surface area (Å²) in [6.45, 7) is 6.84. The van der Waals surface area contributed by atoms with Crippen molar-refractivity contribution < 1.29 is 42.3 Å². The molecule has 17 nitrogen and oxygen atoms in total. The second-order valence-corrected chi connectivity index (χ2v) is 13.9. The lowest BCUT2D eigenvalue weighted by Crippen LogP contribution is -2.46. The molecular weight excluding hydrogens is 707 g/mol. The maximum atomic E-state index is 15.5. The number of unbranched alkanes of at least 4 members (excludes halogenated alkanes) is 1. The number of hydrogen-bond donors (Lipinski definition) is 1. The Labute approximate surface area is 299 Å². The van der Waals surface area contributed by atoms with Crippen LogP contribution in [0.4, 0.5) is 15.9 Å². The molecule has 2 unspecified atom stereocenters. The highest BCUT2D eigenvalue weighted by atomic mass is 32.2. The molecule has 52 heavy (non-hydrogen) atoms. The lowest BCUT2D eigenvalue weighted by atomic mass is 10.1. The van der Waals surface area contributed by atoms with Gasteiger partial charge in [-0.1, -0.05) is 25.1 Å². The van der Waals surface area contributed by atoms with Gasteiger partial charge in [-0.15, -0.1) is 0 Å². The van der Waals surface area contributed by atoms with E-state index in [2.05, 4.69) is 4.98 Å². The number of benzene rings is 1.